The summed E-state index contributed by atoms with van der Waals surface area (Å²) < 4.78 is 26.3. The molecule has 1 unspecified atom stereocenters. The number of halogens is 2. The summed E-state index contributed by atoms with van der Waals surface area (Å²) in [5, 5.41) is 8.09. The highest BCUT2D eigenvalue weighted by atomic mass is 19.3. The van der Waals surface area contributed by atoms with Crippen LogP contribution in [0, 0.1) is 0 Å². The second kappa shape index (κ2) is 7.20. The molecule has 0 spiro atoms. The van der Waals surface area contributed by atoms with Crippen LogP contribution in [0.4, 0.5) is 20.2 Å². The van der Waals surface area contributed by atoms with Gasteiger partial charge < -0.3 is 10.6 Å². The zero-order chi connectivity index (χ0) is 16.1. The molecular weight excluding hydrogens is 292 g/mol. The van der Waals surface area contributed by atoms with Gasteiger partial charge in [-0.05, 0) is 31.0 Å². The van der Waals surface area contributed by atoms with E-state index in [4.69, 9.17) is 0 Å². The topological polar surface area (TPSA) is 70.2 Å². The molecule has 1 atom stereocenters. The van der Waals surface area contributed by atoms with E-state index in [9.17, 15) is 18.4 Å². The van der Waals surface area contributed by atoms with Crippen molar-refractivity contribution in [3.05, 3.63) is 23.8 Å². The maximum Gasteiger partial charge on any atom is 0.265 e. The summed E-state index contributed by atoms with van der Waals surface area (Å²) >= 11 is 0. The van der Waals surface area contributed by atoms with Gasteiger partial charge in [0.25, 0.3) is 6.43 Å². The molecule has 1 fully saturated rings. The third-order valence-electron chi connectivity index (χ3n) is 3.43. The molecule has 1 saturated heterocycles. The second-order valence-electron chi connectivity index (χ2n) is 5.18. The molecular formula is C15H19F2N3O2. The largest absolute Gasteiger partial charge is 0.385 e. The van der Waals surface area contributed by atoms with E-state index in [0.29, 0.717) is 24.3 Å². The van der Waals surface area contributed by atoms with Crippen molar-refractivity contribution in [2.75, 3.05) is 17.2 Å². The Kier molecular flexibility index (Phi) is 5.30. The molecule has 1 aromatic rings. The van der Waals surface area contributed by atoms with Crippen LogP contribution in [0.5, 0.6) is 0 Å². The monoisotopic (exact) mass is 311 g/mol. The lowest BCUT2D eigenvalue weighted by Crippen LogP contribution is -2.47. The van der Waals surface area contributed by atoms with Crippen molar-refractivity contribution in [1.82, 2.24) is 5.32 Å². The molecule has 1 aromatic carbocycles. The second-order valence-corrected chi connectivity index (χ2v) is 5.18. The normalized spacial score (nSPS) is 18.3. The van der Waals surface area contributed by atoms with Crippen molar-refractivity contribution in [3.8, 4) is 0 Å². The summed E-state index contributed by atoms with van der Waals surface area (Å²) in [4.78, 5) is 22.8. The van der Waals surface area contributed by atoms with Crippen LogP contribution in [0.2, 0.25) is 0 Å². The van der Waals surface area contributed by atoms with E-state index >= 15 is 0 Å². The molecule has 0 aliphatic carbocycles. The lowest BCUT2D eigenvalue weighted by atomic mass is 10.1. The van der Waals surface area contributed by atoms with Gasteiger partial charge in [0.05, 0.1) is 0 Å². The predicted molar refractivity (Wildman–Crippen MR) is 80.0 cm³/mol. The number of imide groups is 1. The predicted octanol–water partition coefficient (Wildman–Crippen LogP) is 2.66. The molecule has 1 aliphatic heterocycles. The van der Waals surface area contributed by atoms with Gasteiger partial charge in [0.15, 0.2) is 0 Å². The molecule has 0 bridgehead atoms. The molecule has 5 nitrogen and oxygen atoms in total. The van der Waals surface area contributed by atoms with Gasteiger partial charge in [-0.2, -0.15) is 0 Å². The number of carbonyl (C=O) groups excluding carboxylic acids is 2. The van der Waals surface area contributed by atoms with E-state index in [0.717, 1.165) is 6.42 Å². The number of hydrogen-bond donors (Lipinski definition) is 3. The summed E-state index contributed by atoms with van der Waals surface area (Å²) in [6.45, 7) is 2.56. The van der Waals surface area contributed by atoms with Crippen LogP contribution in [-0.4, -0.2) is 24.4 Å². The Hall–Kier alpha value is -2.18. The number of hydrogen-bond acceptors (Lipinski definition) is 4. The van der Waals surface area contributed by atoms with Crippen molar-refractivity contribution in [1.29, 1.82) is 0 Å². The van der Waals surface area contributed by atoms with E-state index < -0.39 is 18.4 Å². The third-order valence-corrected chi connectivity index (χ3v) is 3.43. The zero-order valence-corrected chi connectivity index (χ0v) is 12.3. The molecule has 1 heterocycles. The molecule has 0 radical (unpaired) electrons. The van der Waals surface area contributed by atoms with Crippen molar-refractivity contribution >= 4 is 23.2 Å². The van der Waals surface area contributed by atoms with Crippen molar-refractivity contribution in [2.45, 2.75) is 38.7 Å². The molecule has 120 valence electrons. The van der Waals surface area contributed by atoms with E-state index in [-0.39, 0.29) is 17.9 Å². The van der Waals surface area contributed by atoms with Gasteiger partial charge in [-0.1, -0.05) is 6.92 Å². The third kappa shape index (κ3) is 3.93. The van der Waals surface area contributed by atoms with Crippen molar-refractivity contribution < 1.29 is 18.4 Å². The Morgan fingerprint density at radius 1 is 1.36 bits per heavy atom. The van der Waals surface area contributed by atoms with Crippen LogP contribution in [0.25, 0.3) is 0 Å². The SMILES string of the molecule is CCCNc1ccc(NC2CCC(=O)NC2=O)cc1C(F)F. The minimum atomic E-state index is -2.61. The first-order chi connectivity index (χ1) is 10.5. The summed E-state index contributed by atoms with van der Waals surface area (Å²) in [6.07, 6.45) is -1.19. The highest BCUT2D eigenvalue weighted by molar-refractivity contribution is 6.01. The van der Waals surface area contributed by atoms with Crippen molar-refractivity contribution in [2.24, 2.45) is 0 Å². The van der Waals surface area contributed by atoms with E-state index in [1.165, 1.54) is 6.07 Å². The Morgan fingerprint density at radius 3 is 2.77 bits per heavy atom. The molecule has 22 heavy (non-hydrogen) atoms. The zero-order valence-electron chi connectivity index (χ0n) is 12.3. The van der Waals surface area contributed by atoms with E-state index in [1.807, 2.05) is 6.92 Å². The number of benzene rings is 1. The Balaban J connectivity index is 2.13. The van der Waals surface area contributed by atoms with Gasteiger partial charge in [-0.15, -0.1) is 0 Å². The highest BCUT2D eigenvalue weighted by Gasteiger charge is 2.26. The Bertz CT molecular complexity index is 564. The average Bonchev–Trinajstić information content (AvgIpc) is 2.48. The molecule has 0 aromatic heterocycles. The Labute approximate surface area is 127 Å². The van der Waals surface area contributed by atoms with Crippen LogP contribution in [0.15, 0.2) is 18.2 Å². The van der Waals surface area contributed by atoms with Crippen LogP contribution in [-0.2, 0) is 9.59 Å². The molecule has 2 rings (SSSR count). The van der Waals surface area contributed by atoms with E-state index in [2.05, 4.69) is 16.0 Å². The fourth-order valence-corrected chi connectivity index (χ4v) is 2.29. The van der Waals surface area contributed by atoms with Crippen LogP contribution < -0.4 is 16.0 Å². The smallest absolute Gasteiger partial charge is 0.265 e. The molecule has 3 N–H and O–H groups in total. The minimum absolute atomic E-state index is 0.106. The lowest BCUT2D eigenvalue weighted by Gasteiger charge is -2.23. The van der Waals surface area contributed by atoms with Gasteiger partial charge >= 0.3 is 0 Å². The summed E-state index contributed by atoms with van der Waals surface area (Å²) in [5.74, 6) is -0.738. The first kappa shape index (κ1) is 16.2. The fraction of sp³-hybridized carbons (Fsp3) is 0.467. The van der Waals surface area contributed by atoms with Crippen LogP contribution in [0.3, 0.4) is 0 Å². The minimum Gasteiger partial charge on any atom is -0.385 e. The highest BCUT2D eigenvalue weighted by Crippen LogP contribution is 2.30. The number of nitrogens with one attached hydrogen (secondary N) is 3. The molecule has 0 saturated carbocycles. The van der Waals surface area contributed by atoms with Gasteiger partial charge in [0, 0.05) is 29.9 Å². The van der Waals surface area contributed by atoms with Gasteiger partial charge in [-0.25, -0.2) is 8.78 Å². The quantitative estimate of drug-likeness (QED) is 0.706. The number of amides is 2. The molecule has 7 heteroatoms. The Morgan fingerprint density at radius 2 is 2.14 bits per heavy atom. The van der Waals surface area contributed by atoms with Crippen LogP contribution >= 0.6 is 0 Å². The maximum atomic E-state index is 13.1. The average molecular weight is 311 g/mol. The summed E-state index contributed by atoms with van der Waals surface area (Å²) in [6, 6.07) is 3.98. The number of piperidine rings is 1. The molecule has 1 aliphatic rings. The number of carbonyl (C=O) groups is 2. The fourth-order valence-electron chi connectivity index (χ4n) is 2.29. The number of anilines is 2. The van der Waals surface area contributed by atoms with Gasteiger partial charge in [-0.3, -0.25) is 14.9 Å². The lowest BCUT2D eigenvalue weighted by molar-refractivity contribution is -0.133. The first-order valence-corrected chi connectivity index (χ1v) is 7.27. The van der Waals surface area contributed by atoms with Crippen LogP contribution in [0.1, 0.15) is 38.2 Å². The van der Waals surface area contributed by atoms with Crippen molar-refractivity contribution in [3.63, 3.8) is 0 Å². The number of alkyl halides is 2. The van der Waals surface area contributed by atoms with Gasteiger partial charge in [0.1, 0.15) is 6.04 Å². The standard InChI is InChI=1S/C15H19F2N3O2/c1-2-7-18-11-4-3-9(8-10(11)14(16)17)19-12-5-6-13(21)20-15(12)22/h3-4,8,12,14,18-19H,2,5-7H2,1H3,(H,20,21,22). The summed E-state index contributed by atoms with van der Waals surface area (Å²) in [5.41, 5.74) is 0.725. The van der Waals surface area contributed by atoms with Gasteiger partial charge in [0.2, 0.25) is 11.8 Å². The molecule has 2 amide bonds. The first-order valence-electron chi connectivity index (χ1n) is 7.27. The van der Waals surface area contributed by atoms with E-state index in [1.54, 1.807) is 12.1 Å². The summed E-state index contributed by atoms with van der Waals surface area (Å²) in [7, 11) is 0. The number of rotatable bonds is 6. The maximum absolute atomic E-state index is 13.1.